The minimum atomic E-state index is -4.49. The molecule has 0 saturated heterocycles. The maximum atomic E-state index is 12.3. The van der Waals surface area contributed by atoms with Crippen LogP contribution in [-0.4, -0.2) is 16.1 Å². The molecular formula is C9H8ClF3N2OS. The Hall–Kier alpha value is -0.950. The Balaban J connectivity index is 2.95. The average Bonchev–Trinajstić information content (AvgIpc) is 2.19. The Kier molecular flexibility index (Phi) is 4.26. The van der Waals surface area contributed by atoms with Gasteiger partial charge in [-0.2, -0.15) is 13.2 Å². The summed E-state index contributed by atoms with van der Waals surface area (Å²) in [7, 11) is 0. The Morgan fingerprint density at radius 1 is 1.59 bits per heavy atom. The first kappa shape index (κ1) is 14.1. The molecule has 0 bridgehead atoms. The van der Waals surface area contributed by atoms with Crippen molar-refractivity contribution >= 4 is 29.3 Å². The van der Waals surface area contributed by atoms with E-state index in [0.29, 0.717) is 6.20 Å². The topological polar surface area (TPSA) is 56.0 Å². The third-order valence-electron chi connectivity index (χ3n) is 1.82. The largest absolute Gasteiger partial charge is 0.417 e. The van der Waals surface area contributed by atoms with E-state index in [0.717, 1.165) is 17.8 Å². The molecule has 2 N–H and O–H groups in total. The molecular weight excluding hydrogens is 277 g/mol. The highest BCUT2D eigenvalue weighted by Gasteiger charge is 2.31. The molecule has 0 aliphatic heterocycles. The molecule has 0 fully saturated rings. The molecule has 0 aromatic carbocycles. The molecule has 0 aliphatic carbocycles. The second kappa shape index (κ2) is 5.14. The van der Waals surface area contributed by atoms with Crippen LogP contribution in [0.4, 0.5) is 13.2 Å². The van der Waals surface area contributed by atoms with Crippen LogP contribution in [0, 0.1) is 0 Å². The summed E-state index contributed by atoms with van der Waals surface area (Å²) in [5.74, 6) is -0.590. The van der Waals surface area contributed by atoms with E-state index in [-0.39, 0.29) is 10.0 Å². The number of nitrogens with two attached hydrogens (primary N) is 1. The lowest BCUT2D eigenvalue weighted by Gasteiger charge is -2.10. The van der Waals surface area contributed by atoms with Crippen molar-refractivity contribution in [1.82, 2.24) is 4.98 Å². The fraction of sp³-hybridized carbons (Fsp3) is 0.333. The zero-order chi connectivity index (χ0) is 13.2. The van der Waals surface area contributed by atoms with Gasteiger partial charge in [-0.25, -0.2) is 4.98 Å². The number of nitrogens with zero attached hydrogens (tertiary/aromatic N) is 1. The molecule has 1 heterocycles. The summed E-state index contributed by atoms with van der Waals surface area (Å²) >= 11 is 6.56. The molecule has 0 radical (unpaired) electrons. The van der Waals surface area contributed by atoms with E-state index in [1.54, 1.807) is 0 Å². The fourth-order valence-corrected chi connectivity index (χ4v) is 1.93. The maximum absolute atomic E-state index is 12.3. The van der Waals surface area contributed by atoms with E-state index >= 15 is 0 Å². The molecule has 1 aromatic heterocycles. The van der Waals surface area contributed by atoms with Crippen LogP contribution in [-0.2, 0) is 11.0 Å². The number of hydrogen-bond acceptors (Lipinski definition) is 3. The summed E-state index contributed by atoms with van der Waals surface area (Å²) in [5, 5.41) is -0.624. The predicted octanol–water partition coefficient (Wildman–Crippen LogP) is 2.72. The molecule has 1 amide bonds. The first-order chi connectivity index (χ1) is 7.71. The van der Waals surface area contributed by atoms with Gasteiger partial charge in [0, 0.05) is 6.20 Å². The van der Waals surface area contributed by atoms with E-state index in [1.807, 2.05) is 0 Å². The van der Waals surface area contributed by atoms with Crippen molar-refractivity contribution in [2.75, 3.05) is 0 Å². The number of thioether (sulfide) groups is 1. The summed E-state index contributed by atoms with van der Waals surface area (Å²) in [6, 6.07) is 0.768. The van der Waals surface area contributed by atoms with Crippen molar-refractivity contribution in [3.8, 4) is 0 Å². The average molecular weight is 285 g/mol. The van der Waals surface area contributed by atoms with Crippen LogP contribution < -0.4 is 5.73 Å². The van der Waals surface area contributed by atoms with Gasteiger partial charge in [-0.1, -0.05) is 23.4 Å². The van der Waals surface area contributed by atoms with Gasteiger partial charge in [0.15, 0.2) is 0 Å². The van der Waals surface area contributed by atoms with Gasteiger partial charge in [-0.05, 0) is 13.0 Å². The maximum Gasteiger partial charge on any atom is 0.417 e. The molecule has 3 nitrogen and oxygen atoms in total. The van der Waals surface area contributed by atoms with Gasteiger partial charge >= 0.3 is 6.18 Å². The summed E-state index contributed by atoms with van der Waals surface area (Å²) in [4.78, 5) is 14.4. The van der Waals surface area contributed by atoms with E-state index in [9.17, 15) is 18.0 Å². The molecule has 17 heavy (non-hydrogen) atoms. The number of halogens is 4. The summed E-state index contributed by atoms with van der Waals surface area (Å²) in [6.07, 6.45) is -3.82. The fourth-order valence-electron chi connectivity index (χ4n) is 0.893. The monoisotopic (exact) mass is 284 g/mol. The normalized spacial score (nSPS) is 13.5. The van der Waals surface area contributed by atoms with Crippen LogP contribution in [0.3, 0.4) is 0 Å². The highest BCUT2D eigenvalue weighted by Crippen LogP contribution is 2.34. The SMILES string of the molecule is C[C@@H](Sc1ncc(C(F)(F)F)cc1Cl)C(N)=O. The minimum absolute atomic E-state index is 0.144. The smallest absolute Gasteiger partial charge is 0.369 e. The zero-order valence-electron chi connectivity index (χ0n) is 8.58. The van der Waals surface area contributed by atoms with Crippen molar-refractivity contribution in [3.05, 3.63) is 22.8 Å². The molecule has 1 rings (SSSR count). The van der Waals surface area contributed by atoms with Crippen LogP contribution in [0.1, 0.15) is 12.5 Å². The highest BCUT2D eigenvalue weighted by atomic mass is 35.5. The quantitative estimate of drug-likeness (QED) is 0.868. The minimum Gasteiger partial charge on any atom is -0.369 e. The predicted molar refractivity (Wildman–Crippen MR) is 58.8 cm³/mol. The summed E-state index contributed by atoms with van der Waals surface area (Å²) in [6.45, 7) is 1.52. The van der Waals surface area contributed by atoms with Crippen molar-refractivity contribution in [2.45, 2.75) is 23.4 Å². The number of pyridine rings is 1. The number of carbonyl (C=O) groups excluding carboxylic acids is 1. The van der Waals surface area contributed by atoms with Crippen LogP contribution in [0.2, 0.25) is 5.02 Å². The second-order valence-electron chi connectivity index (χ2n) is 3.17. The molecule has 94 valence electrons. The van der Waals surface area contributed by atoms with Gasteiger partial charge in [0.1, 0.15) is 5.03 Å². The number of amides is 1. The summed E-state index contributed by atoms with van der Waals surface area (Å²) < 4.78 is 36.9. The van der Waals surface area contributed by atoms with Gasteiger partial charge < -0.3 is 5.73 Å². The number of carbonyl (C=O) groups is 1. The standard InChI is InChI=1S/C9H8ClF3N2OS/c1-4(7(14)16)17-8-6(10)2-5(3-15-8)9(11,12)13/h2-4H,1H3,(H2,14,16)/t4-/m1/s1. The van der Waals surface area contributed by atoms with Crippen LogP contribution >= 0.6 is 23.4 Å². The van der Waals surface area contributed by atoms with Crippen LogP contribution in [0.5, 0.6) is 0 Å². The van der Waals surface area contributed by atoms with Crippen LogP contribution in [0.15, 0.2) is 17.3 Å². The second-order valence-corrected chi connectivity index (χ2v) is 4.91. The van der Waals surface area contributed by atoms with Crippen molar-refractivity contribution in [2.24, 2.45) is 5.73 Å². The Morgan fingerprint density at radius 3 is 2.59 bits per heavy atom. The van der Waals surface area contributed by atoms with Gasteiger partial charge in [-0.3, -0.25) is 4.79 Å². The molecule has 1 aromatic rings. The first-order valence-corrected chi connectivity index (χ1v) is 5.66. The third-order valence-corrected chi connectivity index (χ3v) is 3.36. The van der Waals surface area contributed by atoms with Crippen molar-refractivity contribution in [1.29, 1.82) is 0 Å². The first-order valence-electron chi connectivity index (χ1n) is 4.40. The van der Waals surface area contributed by atoms with Gasteiger partial charge in [0.25, 0.3) is 0 Å². The highest BCUT2D eigenvalue weighted by molar-refractivity contribution is 8.00. The summed E-state index contributed by atoms with van der Waals surface area (Å²) in [5.41, 5.74) is 4.09. The lowest BCUT2D eigenvalue weighted by Crippen LogP contribution is -2.22. The third kappa shape index (κ3) is 3.78. The number of aromatic nitrogens is 1. The Morgan fingerprint density at radius 2 is 2.18 bits per heavy atom. The van der Waals surface area contributed by atoms with Gasteiger partial charge in [0.2, 0.25) is 5.91 Å². The molecule has 1 atom stereocenters. The van der Waals surface area contributed by atoms with Crippen molar-refractivity contribution in [3.63, 3.8) is 0 Å². The Labute approximate surface area is 105 Å². The molecule has 8 heteroatoms. The number of hydrogen-bond donors (Lipinski definition) is 1. The lowest BCUT2D eigenvalue weighted by molar-refractivity contribution is -0.137. The van der Waals surface area contributed by atoms with E-state index in [2.05, 4.69) is 4.98 Å². The van der Waals surface area contributed by atoms with E-state index in [4.69, 9.17) is 17.3 Å². The number of primary amides is 1. The van der Waals surface area contributed by atoms with Crippen LogP contribution in [0.25, 0.3) is 0 Å². The Bertz CT molecular complexity index is 439. The van der Waals surface area contributed by atoms with E-state index in [1.165, 1.54) is 6.92 Å². The molecule has 0 aliphatic rings. The van der Waals surface area contributed by atoms with Crippen molar-refractivity contribution < 1.29 is 18.0 Å². The molecule has 0 saturated carbocycles. The lowest BCUT2D eigenvalue weighted by atomic mass is 10.3. The van der Waals surface area contributed by atoms with Gasteiger partial charge in [-0.15, -0.1) is 0 Å². The molecule has 0 unspecified atom stereocenters. The van der Waals surface area contributed by atoms with E-state index < -0.39 is 22.9 Å². The number of alkyl halides is 3. The van der Waals surface area contributed by atoms with Gasteiger partial charge in [0.05, 0.1) is 15.8 Å². The number of rotatable bonds is 3. The molecule has 0 spiro atoms. The zero-order valence-corrected chi connectivity index (χ0v) is 10.2.